The summed E-state index contributed by atoms with van der Waals surface area (Å²) in [6.07, 6.45) is -2.65. The third-order valence-corrected chi connectivity index (χ3v) is 9.69. The Morgan fingerprint density at radius 1 is 0.561 bits per heavy atom. The number of hydrogen-bond acceptors (Lipinski definition) is 7. The van der Waals surface area contributed by atoms with Gasteiger partial charge in [0.05, 0.1) is 0 Å². The highest BCUT2D eigenvalue weighted by Gasteiger charge is 2.38. The minimum Gasteiger partial charge on any atom is -0.465 e. The number of anilines is 3. The molecule has 0 aromatic heterocycles. The first-order valence-electron chi connectivity index (χ1n) is 18.6. The van der Waals surface area contributed by atoms with Crippen molar-refractivity contribution in [2.75, 3.05) is 29.6 Å². The molecule has 3 aromatic carbocycles. The van der Waals surface area contributed by atoms with Gasteiger partial charge in [-0.1, -0.05) is 84.0 Å². The van der Waals surface area contributed by atoms with Crippen LogP contribution in [0.15, 0.2) is 78.9 Å². The fourth-order valence-electron chi connectivity index (χ4n) is 5.88. The maximum Gasteiger partial charge on any atom is 0.405 e. The first-order chi connectivity index (χ1) is 26.5. The van der Waals surface area contributed by atoms with Gasteiger partial charge in [0.2, 0.25) is 23.6 Å². The molecule has 0 aliphatic heterocycles. The summed E-state index contributed by atoms with van der Waals surface area (Å²) in [7, 11) is 2.94. The van der Waals surface area contributed by atoms with Gasteiger partial charge in [-0.15, -0.1) is 0 Å². The van der Waals surface area contributed by atoms with Gasteiger partial charge in [-0.25, -0.2) is 9.59 Å². The largest absolute Gasteiger partial charge is 0.465 e. The van der Waals surface area contributed by atoms with Crippen LogP contribution in [0.25, 0.3) is 0 Å². The summed E-state index contributed by atoms with van der Waals surface area (Å²) in [5.41, 5.74) is 2.55. The zero-order valence-corrected chi connectivity index (χ0v) is 34.4. The van der Waals surface area contributed by atoms with E-state index in [0.717, 1.165) is 16.8 Å². The van der Waals surface area contributed by atoms with E-state index in [9.17, 15) is 39.0 Å². The molecule has 57 heavy (non-hydrogen) atoms. The van der Waals surface area contributed by atoms with Gasteiger partial charge in [-0.3, -0.25) is 19.2 Å². The highest BCUT2D eigenvalue weighted by Crippen LogP contribution is 2.25. The van der Waals surface area contributed by atoms with Gasteiger partial charge in [0.15, 0.2) is 0 Å². The van der Waals surface area contributed by atoms with E-state index in [2.05, 4.69) is 26.2 Å². The molecular formula is C42H57N7O8. The molecule has 0 aliphatic carbocycles. The Hall–Kier alpha value is -6.12. The Morgan fingerprint density at radius 2 is 0.895 bits per heavy atom. The maximum atomic E-state index is 13.2. The summed E-state index contributed by atoms with van der Waals surface area (Å²) in [5, 5.41) is 28.8. The molecule has 308 valence electrons. The van der Waals surface area contributed by atoms with Crippen LogP contribution >= 0.6 is 0 Å². The van der Waals surface area contributed by atoms with Gasteiger partial charge < -0.3 is 46.2 Å². The highest BCUT2D eigenvalue weighted by molar-refractivity contribution is 5.99. The normalized spacial score (nSPS) is 13.5. The number of carboxylic acid groups (broad SMARTS) is 2. The average molecular weight is 788 g/mol. The lowest BCUT2D eigenvalue weighted by molar-refractivity contribution is -0.140. The number of likely N-dealkylation sites (N-methyl/N-ethyl adjacent to an activating group) is 2. The van der Waals surface area contributed by atoms with Crippen molar-refractivity contribution in [2.45, 2.75) is 92.6 Å². The quantitative estimate of drug-likeness (QED) is 0.110. The minimum atomic E-state index is -1.32. The smallest absolute Gasteiger partial charge is 0.405 e. The Labute approximate surface area is 334 Å². The first kappa shape index (κ1) is 45.3. The molecule has 3 rings (SSSR count). The summed E-state index contributed by atoms with van der Waals surface area (Å²) in [6.45, 7) is 14.7. The Bertz CT molecular complexity index is 1760. The number of nitrogens with zero attached hydrogens (tertiary/aromatic N) is 3. The van der Waals surface area contributed by atoms with Crippen molar-refractivity contribution < 1.29 is 39.0 Å². The van der Waals surface area contributed by atoms with E-state index < -0.39 is 70.8 Å². The molecule has 0 radical (unpaired) electrons. The molecule has 15 nitrogen and oxygen atoms in total. The molecule has 0 saturated carbocycles. The summed E-state index contributed by atoms with van der Waals surface area (Å²) in [6, 6.07) is 20.8. The second kappa shape index (κ2) is 19.2. The molecule has 0 saturated heterocycles. The van der Waals surface area contributed by atoms with E-state index in [-0.39, 0.29) is 0 Å². The van der Waals surface area contributed by atoms with E-state index in [1.54, 1.807) is 79.7 Å². The van der Waals surface area contributed by atoms with Crippen molar-refractivity contribution >= 4 is 52.9 Å². The number of rotatable bonds is 15. The number of hydrogen-bond donors (Lipinski definition) is 6. The lowest BCUT2D eigenvalue weighted by Gasteiger charge is -2.34. The van der Waals surface area contributed by atoms with E-state index in [4.69, 9.17) is 0 Å². The monoisotopic (exact) mass is 787 g/mol. The summed E-state index contributed by atoms with van der Waals surface area (Å²) in [4.78, 5) is 80.0. The van der Waals surface area contributed by atoms with Crippen LogP contribution < -0.4 is 26.2 Å². The summed E-state index contributed by atoms with van der Waals surface area (Å²) >= 11 is 0. The van der Waals surface area contributed by atoms with Crippen molar-refractivity contribution in [1.82, 2.24) is 20.4 Å². The van der Waals surface area contributed by atoms with Crippen molar-refractivity contribution in [2.24, 2.45) is 10.8 Å². The number of nitrogens with one attached hydrogen (secondary N) is 4. The van der Waals surface area contributed by atoms with Crippen LogP contribution in [0.5, 0.6) is 0 Å². The minimum absolute atomic E-state index is 0.427. The number of carbonyl (C=O) groups is 6. The number of benzene rings is 3. The Morgan fingerprint density at radius 3 is 1.19 bits per heavy atom. The van der Waals surface area contributed by atoms with Crippen LogP contribution in [0.1, 0.15) is 66.5 Å². The average Bonchev–Trinajstić information content (AvgIpc) is 3.14. The predicted octanol–water partition coefficient (Wildman–Crippen LogP) is 5.83. The third kappa shape index (κ3) is 13.0. The third-order valence-electron chi connectivity index (χ3n) is 9.69. The molecule has 0 spiro atoms. The molecule has 0 unspecified atom stereocenters. The molecule has 3 aromatic rings. The zero-order valence-electron chi connectivity index (χ0n) is 34.4. The number of carbonyl (C=O) groups excluding carboxylic acids is 4. The van der Waals surface area contributed by atoms with Crippen molar-refractivity contribution in [3.63, 3.8) is 0 Å². The molecule has 6 N–H and O–H groups in total. The fourth-order valence-corrected chi connectivity index (χ4v) is 5.88. The zero-order chi connectivity index (χ0) is 42.8. The molecule has 15 heteroatoms. The van der Waals surface area contributed by atoms with E-state index in [0.29, 0.717) is 24.5 Å². The van der Waals surface area contributed by atoms with Crippen LogP contribution in [-0.2, 0) is 32.3 Å². The van der Waals surface area contributed by atoms with Crippen LogP contribution in [0.4, 0.5) is 26.7 Å². The fraction of sp³-hybridized carbons (Fsp3) is 0.429. The van der Waals surface area contributed by atoms with E-state index in [1.807, 2.05) is 54.6 Å². The SMILES string of the molecule is C[C@@H](C(=O)Nc1ccc(CN(Cc2ccc(NC(=O)[C@H](C)N(C)C(=O)[C@@H](NC(=O)O)C(C)(C)C)cc2)c2ccccc2)cc1)N(C)C(=O)[C@@H](NC(=O)O)C(C)(C)C. The predicted molar refractivity (Wildman–Crippen MR) is 220 cm³/mol. The van der Waals surface area contributed by atoms with E-state index >= 15 is 0 Å². The van der Waals surface area contributed by atoms with Gasteiger partial charge in [-0.05, 0) is 72.2 Å². The Balaban J connectivity index is 1.67. The summed E-state index contributed by atoms with van der Waals surface area (Å²) < 4.78 is 0. The lowest BCUT2D eigenvalue weighted by Crippen LogP contribution is -2.56. The van der Waals surface area contributed by atoms with E-state index in [1.165, 1.54) is 23.9 Å². The topological polar surface area (TPSA) is 201 Å². The summed E-state index contributed by atoms with van der Waals surface area (Å²) in [5.74, 6) is -1.89. The lowest BCUT2D eigenvalue weighted by atomic mass is 9.85. The van der Waals surface area contributed by atoms with Crippen molar-refractivity contribution in [1.29, 1.82) is 0 Å². The molecule has 0 fully saturated rings. The van der Waals surface area contributed by atoms with Gasteiger partial charge in [0.1, 0.15) is 24.2 Å². The molecule has 6 amide bonds. The standard InChI is InChI=1S/C42H57N7O8/c1-26(47(9)37(52)33(41(3,4)5)45-39(54)55)35(50)43-30-20-16-28(17-21-30)24-49(32-14-12-11-13-15-32)25-29-18-22-31(23-19-29)44-36(51)27(2)48(10)38(53)34(42(6,7)8)46-40(56)57/h11-23,26-27,33-34,45-46H,24-25H2,1-10H3,(H,43,50)(H,44,51)(H,54,55)(H,56,57)/t26-,27-,33+,34+/m0/s1. The van der Waals surface area contributed by atoms with Crippen molar-refractivity contribution in [3.8, 4) is 0 Å². The second-order valence-corrected chi connectivity index (χ2v) is 16.3. The maximum absolute atomic E-state index is 13.2. The molecule has 0 bridgehead atoms. The van der Waals surface area contributed by atoms with Crippen LogP contribution in [0, 0.1) is 10.8 Å². The van der Waals surface area contributed by atoms with Gasteiger partial charge in [-0.2, -0.15) is 0 Å². The number of para-hydroxylation sites is 1. The van der Waals surface area contributed by atoms with Crippen molar-refractivity contribution in [3.05, 3.63) is 90.0 Å². The van der Waals surface area contributed by atoms with Crippen LogP contribution in [0.2, 0.25) is 0 Å². The first-order valence-corrected chi connectivity index (χ1v) is 18.6. The molecule has 4 atom stereocenters. The Kier molecular flexibility index (Phi) is 15.2. The van der Waals surface area contributed by atoms with Crippen LogP contribution in [0.3, 0.4) is 0 Å². The van der Waals surface area contributed by atoms with Gasteiger partial charge >= 0.3 is 12.2 Å². The van der Waals surface area contributed by atoms with Gasteiger partial charge in [0.25, 0.3) is 0 Å². The molecular weight excluding hydrogens is 731 g/mol. The highest BCUT2D eigenvalue weighted by atomic mass is 16.4. The van der Waals surface area contributed by atoms with Gasteiger partial charge in [0, 0.05) is 44.2 Å². The molecule has 0 aliphatic rings. The molecule has 0 heterocycles. The van der Waals surface area contributed by atoms with Crippen LogP contribution in [-0.4, -0.2) is 94.1 Å². The second-order valence-electron chi connectivity index (χ2n) is 16.3. The number of amides is 6.